The molecule has 0 spiro atoms. The van der Waals surface area contributed by atoms with Crippen LogP contribution in [0.2, 0.25) is 0 Å². The fourth-order valence-corrected chi connectivity index (χ4v) is 2.57. The van der Waals surface area contributed by atoms with Crippen LogP contribution in [0, 0.1) is 17.8 Å². The minimum Gasteiger partial charge on any atom is -0.493 e. The number of thioether (sulfide) groups is 1. The van der Waals surface area contributed by atoms with Crippen molar-refractivity contribution in [2.75, 3.05) is 24.7 Å². The Balaban J connectivity index is 2.27. The Bertz CT molecular complexity index is 432. The fourth-order valence-electron chi connectivity index (χ4n) is 1.52. The van der Waals surface area contributed by atoms with Gasteiger partial charge in [-0.1, -0.05) is 31.8 Å². The predicted octanol–water partition coefficient (Wildman–Crippen LogP) is 3.58. The van der Waals surface area contributed by atoms with Gasteiger partial charge in [0.2, 0.25) is 0 Å². The number of rotatable bonds is 8. The summed E-state index contributed by atoms with van der Waals surface area (Å²) in [5.41, 5.74) is 0.934. The molecule has 0 amide bonds. The van der Waals surface area contributed by atoms with E-state index in [9.17, 15) is 0 Å². The molecule has 0 radical (unpaired) electrons. The van der Waals surface area contributed by atoms with Gasteiger partial charge in [-0.05, 0) is 36.3 Å². The van der Waals surface area contributed by atoms with E-state index >= 15 is 0 Å². The first-order valence-electron chi connectivity index (χ1n) is 7.12. The van der Waals surface area contributed by atoms with Crippen LogP contribution in [0.3, 0.4) is 0 Å². The summed E-state index contributed by atoms with van der Waals surface area (Å²) in [6, 6.07) is 7.80. The van der Waals surface area contributed by atoms with E-state index in [1.165, 1.54) is 12.2 Å². The molecule has 0 aliphatic rings. The molecule has 0 heterocycles. The van der Waals surface area contributed by atoms with Gasteiger partial charge in [-0.25, -0.2) is 0 Å². The van der Waals surface area contributed by atoms with Crippen molar-refractivity contribution < 1.29 is 9.84 Å². The molecule has 1 N–H and O–H groups in total. The Labute approximate surface area is 126 Å². The monoisotopic (exact) mass is 292 g/mol. The highest BCUT2D eigenvalue weighted by Crippen LogP contribution is 2.14. The van der Waals surface area contributed by atoms with Gasteiger partial charge < -0.3 is 9.84 Å². The SMILES string of the molecule is CC(C)CCSCCOc1cccc(C#CCCO)c1. The number of aliphatic hydroxyl groups is 1. The predicted molar refractivity (Wildman–Crippen MR) is 87.3 cm³/mol. The van der Waals surface area contributed by atoms with Gasteiger partial charge in [-0.2, -0.15) is 11.8 Å². The van der Waals surface area contributed by atoms with Crippen molar-refractivity contribution in [2.45, 2.75) is 26.7 Å². The zero-order valence-electron chi connectivity index (χ0n) is 12.4. The Morgan fingerprint density at radius 2 is 2.15 bits per heavy atom. The van der Waals surface area contributed by atoms with E-state index in [2.05, 4.69) is 25.7 Å². The van der Waals surface area contributed by atoms with Crippen molar-refractivity contribution in [3.63, 3.8) is 0 Å². The summed E-state index contributed by atoms with van der Waals surface area (Å²) in [4.78, 5) is 0. The van der Waals surface area contributed by atoms with Crippen LogP contribution < -0.4 is 4.74 Å². The lowest BCUT2D eigenvalue weighted by atomic mass is 10.2. The first kappa shape index (κ1) is 16.9. The lowest BCUT2D eigenvalue weighted by Crippen LogP contribution is -2.01. The standard InChI is InChI=1S/C17H24O2S/c1-15(2)9-12-20-13-11-19-17-8-5-7-16(14-17)6-3-4-10-18/h5,7-8,14-15,18H,4,9-13H2,1-2H3. The zero-order valence-corrected chi connectivity index (χ0v) is 13.2. The first-order chi connectivity index (χ1) is 9.72. The third kappa shape index (κ3) is 8.14. The Morgan fingerprint density at radius 1 is 1.30 bits per heavy atom. The highest BCUT2D eigenvalue weighted by Gasteiger charge is 1.97. The van der Waals surface area contributed by atoms with Gasteiger partial charge >= 0.3 is 0 Å². The number of ether oxygens (including phenoxy) is 1. The molecule has 0 saturated carbocycles. The third-order valence-corrected chi connectivity index (χ3v) is 3.62. The van der Waals surface area contributed by atoms with Crippen LogP contribution in [0.4, 0.5) is 0 Å². The van der Waals surface area contributed by atoms with Crippen molar-refractivity contribution in [1.82, 2.24) is 0 Å². The Hall–Kier alpha value is -1.11. The van der Waals surface area contributed by atoms with E-state index < -0.39 is 0 Å². The third-order valence-electron chi connectivity index (χ3n) is 2.64. The Kier molecular flexibility index (Phi) is 9.02. The minimum atomic E-state index is 0.108. The quantitative estimate of drug-likeness (QED) is 0.586. The van der Waals surface area contributed by atoms with Crippen LogP contribution in [0.15, 0.2) is 24.3 Å². The van der Waals surface area contributed by atoms with Gasteiger partial charge in [0.05, 0.1) is 13.2 Å². The lowest BCUT2D eigenvalue weighted by Gasteiger charge is -2.07. The maximum atomic E-state index is 8.69. The molecule has 110 valence electrons. The van der Waals surface area contributed by atoms with Crippen LogP contribution in [0.1, 0.15) is 32.3 Å². The van der Waals surface area contributed by atoms with Crippen molar-refractivity contribution >= 4 is 11.8 Å². The lowest BCUT2D eigenvalue weighted by molar-refractivity contribution is 0.305. The van der Waals surface area contributed by atoms with E-state index in [1.807, 2.05) is 36.0 Å². The second-order valence-corrected chi connectivity index (χ2v) is 6.17. The molecule has 0 atom stereocenters. The van der Waals surface area contributed by atoms with E-state index in [0.29, 0.717) is 6.42 Å². The largest absolute Gasteiger partial charge is 0.493 e. The summed E-state index contributed by atoms with van der Waals surface area (Å²) in [6.07, 6.45) is 1.78. The molecule has 0 bridgehead atoms. The van der Waals surface area contributed by atoms with Crippen molar-refractivity contribution in [2.24, 2.45) is 5.92 Å². The molecule has 20 heavy (non-hydrogen) atoms. The number of hydrogen-bond donors (Lipinski definition) is 1. The molecule has 0 fully saturated rings. The van der Waals surface area contributed by atoms with Crippen LogP contribution in [-0.4, -0.2) is 29.8 Å². The molecule has 0 aliphatic heterocycles. The summed E-state index contributed by atoms with van der Waals surface area (Å²) in [6.45, 7) is 5.34. The van der Waals surface area contributed by atoms with Crippen molar-refractivity contribution in [3.05, 3.63) is 29.8 Å². The summed E-state index contributed by atoms with van der Waals surface area (Å²) in [5, 5.41) is 8.69. The molecule has 1 aromatic carbocycles. The van der Waals surface area contributed by atoms with Gasteiger partial charge in [0, 0.05) is 17.7 Å². The zero-order chi connectivity index (χ0) is 14.6. The summed E-state index contributed by atoms with van der Waals surface area (Å²) in [7, 11) is 0. The molecule has 0 saturated heterocycles. The van der Waals surface area contributed by atoms with Crippen molar-refractivity contribution in [3.8, 4) is 17.6 Å². The van der Waals surface area contributed by atoms with Gasteiger partial charge in [-0.15, -0.1) is 0 Å². The molecule has 1 rings (SSSR count). The number of benzene rings is 1. The van der Waals surface area contributed by atoms with E-state index in [1.54, 1.807) is 0 Å². The average molecular weight is 292 g/mol. The highest BCUT2D eigenvalue weighted by atomic mass is 32.2. The highest BCUT2D eigenvalue weighted by molar-refractivity contribution is 7.99. The molecule has 0 aromatic heterocycles. The van der Waals surface area contributed by atoms with Crippen LogP contribution >= 0.6 is 11.8 Å². The van der Waals surface area contributed by atoms with Crippen LogP contribution in [0.25, 0.3) is 0 Å². The van der Waals surface area contributed by atoms with E-state index in [-0.39, 0.29) is 6.61 Å². The van der Waals surface area contributed by atoms with E-state index in [4.69, 9.17) is 9.84 Å². The molecule has 3 heteroatoms. The molecular weight excluding hydrogens is 268 g/mol. The molecule has 2 nitrogen and oxygen atoms in total. The minimum absolute atomic E-state index is 0.108. The van der Waals surface area contributed by atoms with Crippen LogP contribution in [0.5, 0.6) is 5.75 Å². The molecular formula is C17H24O2S. The maximum absolute atomic E-state index is 8.69. The normalized spacial score (nSPS) is 10.2. The molecule has 1 aromatic rings. The smallest absolute Gasteiger partial charge is 0.120 e. The molecule has 0 aliphatic carbocycles. The maximum Gasteiger partial charge on any atom is 0.120 e. The number of aliphatic hydroxyl groups excluding tert-OH is 1. The summed E-state index contributed by atoms with van der Waals surface area (Å²) < 4.78 is 5.72. The Morgan fingerprint density at radius 3 is 2.90 bits per heavy atom. The van der Waals surface area contributed by atoms with Gasteiger partial charge in [0.1, 0.15) is 5.75 Å². The van der Waals surface area contributed by atoms with Gasteiger partial charge in [0.25, 0.3) is 0 Å². The fraction of sp³-hybridized carbons (Fsp3) is 0.529. The molecule has 0 unspecified atom stereocenters. The first-order valence-corrected chi connectivity index (χ1v) is 8.28. The topological polar surface area (TPSA) is 29.5 Å². The van der Waals surface area contributed by atoms with Crippen LogP contribution in [-0.2, 0) is 0 Å². The van der Waals surface area contributed by atoms with Gasteiger partial charge in [0.15, 0.2) is 0 Å². The summed E-state index contributed by atoms with van der Waals surface area (Å²) in [5.74, 6) is 9.79. The number of hydrogen-bond acceptors (Lipinski definition) is 3. The summed E-state index contributed by atoms with van der Waals surface area (Å²) >= 11 is 1.94. The van der Waals surface area contributed by atoms with Crippen molar-refractivity contribution in [1.29, 1.82) is 0 Å². The second-order valence-electron chi connectivity index (χ2n) is 4.95. The average Bonchev–Trinajstić information content (AvgIpc) is 2.43. The van der Waals surface area contributed by atoms with Gasteiger partial charge in [-0.3, -0.25) is 0 Å². The second kappa shape index (κ2) is 10.7. The van der Waals surface area contributed by atoms with E-state index in [0.717, 1.165) is 29.6 Å².